The van der Waals surface area contributed by atoms with Crippen molar-refractivity contribution in [2.24, 2.45) is 0 Å². The average molecular weight is 318 g/mol. The first kappa shape index (κ1) is 14.1. The number of nitrogens with zero attached hydrogens (tertiary/aromatic N) is 2. The van der Waals surface area contributed by atoms with Gasteiger partial charge in [0.15, 0.2) is 5.82 Å². The van der Waals surface area contributed by atoms with Gasteiger partial charge in [-0.3, -0.25) is 0 Å². The molecule has 0 atom stereocenters. The number of aromatic nitrogens is 2. The van der Waals surface area contributed by atoms with E-state index in [9.17, 15) is 0 Å². The van der Waals surface area contributed by atoms with Crippen LogP contribution in [0.25, 0.3) is 22.3 Å². The van der Waals surface area contributed by atoms with Crippen LogP contribution in [0.4, 0.5) is 5.82 Å². The number of anilines is 1. The highest BCUT2D eigenvalue weighted by atomic mass is 35.5. The molecule has 0 aliphatic rings. The van der Waals surface area contributed by atoms with Crippen LogP contribution in [-0.2, 0) is 0 Å². The molecule has 3 aromatic rings. The third-order valence-corrected chi connectivity index (χ3v) is 3.85. The van der Waals surface area contributed by atoms with Gasteiger partial charge in [0.05, 0.1) is 10.5 Å². The number of benzene rings is 2. The zero-order valence-electron chi connectivity index (χ0n) is 11.6. The van der Waals surface area contributed by atoms with Gasteiger partial charge in [0.25, 0.3) is 0 Å². The third-order valence-electron chi connectivity index (χ3n) is 3.34. The summed E-state index contributed by atoms with van der Waals surface area (Å²) in [5.74, 6) is 1.36. The second-order valence-corrected chi connectivity index (χ2v) is 5.59. The van der Waals surface area contributed by atoms with Gasteiger partial charge in [0, 0.05) is 23.0 Å². The molecule has 1 heterocycles. The van der Waals surface area contributed by atoms with Gasteiger partial charge in [-0.05, 0) is 24.6 Å². The standard InChI is InChI=1S/C16H13Cl2N3/c1-9-5-3-4-6-11(9)16-20-14-12(15(19-2)21-16)7-10(17)8-13(14)18/h3-8H,1-2H3,(H,19,20,21). The molecule has 3 rings (SSSR count). The second-order valence-electron chi connectivity index (χ2n) is 4.74. The predicted molar refractivity (Wildman–Crippen MR) is 89.3 cm³/mol. The maximum atomic E-state index is 6.29. The van der Waals surface area contributed by atoms with Crippen LogP contribution in [0.5, 0.6) is 0 Å². The van der Waals surface area contributed by atoms with Crippen molar-refractivity contribution in [2.75, 3.05) is 12.4 Å². The van der Waals surface area contributed by atoms with E-state index in [0.29, 0.717) is 27.2 Å². The van der Waals surface area contributed by atoms with Gasteiger partial charge in [0.1, 0.15) is 5.82 Å². The molecule has 0 aliphatic carbocycles. The monoisotopic (exact) mass is 317 g/mol. The fourth-order valence-corrected chi connectivity index (χ4v) is 2.83. The second kappa shape index (κ2) is 5.51. The molecular formula is C16H13Cl2N3. The van der Waals surface area contributed by atoms with Crippen molar-refractivity contribution in [3.05, 3.63) is 52.0 Å². The van der Waals surface area contributed by atoms with Crippen LogP contribution in [0.3, 0.4) is 0 Å². The molecule has 2 aromatic carbocycles. The molecule has 106 valence electrons. The SMILES string of the molecule is CNc1nc(-c2ccccc2C)nc2c(Cl)cc(Cl)cc12. The number of halogens is 2. The van der Waals surface area contributed by atoms with Crippen LogP contribution in [0.15, 0.2) is 36.4 Å². The Bertz CT molecular complexity index is 831. The number of fused-ring (bicyclic) bond motifs is 1. The van der Waals surface area contributed by atoms with Crippen molar-refractivity contribution in [3.63, 3.8) is 0 Å². The van der Waals surface area contributed by atoms with E-state index in [0.717, 1.165) is 16.5 Å². The average Bonchev–Trinajstić information content (AvgIpc) is 2.47. The van der Waals surface area contributed by atoms with E-state index in [1.807, 2.05) is 44.3 Å². The van der Waals surface area contributed by atoms with Gasteiger partial charge in [-0.2, -0.15) is 0 Å². The lowest BCUT2D eigenvalue weighted by atomic mass is 10.1. The third kappa shape index (κ3) is 2.55. The molecule has 0 saturated heterocycles. The number of nitrogens with one attached hydrogen (secondary N) is 1. The fourth-order valence-electron chi connectivity index (χ4n) is 2.29. The van der Waals surface area contributed by atoms with E-state index in [2.05, 4.69) is 15.3 Å². The quantitative estimate of drug-likeness (QED) is 0.726. The summed E-state index contributed by atoms with van der Waals surface area (Å²) in [6, 6.07) is 11.5. The van der Waals surface area contributed by atoms with Crippen LogP contribution < -0.4 is 5.32 Å². The Morgan fingerprint density at radius 1 is 1.05 bits per heavy atom. The summed E-state index contributed by atoms with van der Waals surface area (Å²) >= 11 is 12.4. The molecule has 0 aliphatic heterocycles. The lowest BCUT2D eigenvalue weighted by molar-refractivity contribution is 1.20. The molecule has 3 nitrogen and oxygen atoms in total. The van der Waals surface area contributed by atoms with Gasteiger partial charge in [-0.1, -0.05) is 47.5 Å². The molecule has 0 spiro atoms. The first-order chi connectivity index (χ1) is 10.1. The minimum absolute atomic E-state index is 0.520. The normalized spacial score (nSPS) is 10.9. The Morgan fingerprint density at radius 2 is 1.81 bits per heavy atom. The van der Waals surface area contributed by atoms with Crippen molar-refractivity contribution in [1.29, 1.82) is 0 Å². The minimum atomic E-state index is 0.520. The molecule has 0 bridgehead atoms. The Labute approximate surface area is 132 Å². The highest BCUT2D eigenvalue weighted by Gasteiger charge is 2.13. The Kier molecular flexibility index (Phi) is 3.70. The molecule has 1 aromatic heterocycles. The lowest BCUT2D eigenvalue weighted by Gasteiger charge is -2.11. The van der Waals surface area contributed by atoms with Crippen molar-refractivity contribution >= 4 is 39.9 Å². The topological polar surface area (TPSA) is 37.8 Å². The summed E-state index contributed by atoms with van der Waals surface area (Å²) < 4.78 is 0. The minimum Gasteiger partial charge on any atom is -0.373 e. The van der Waals surface area contributed by atoms with Gasteiger partial charge in [-0.15, -0.1) is 0 Å². The molecule has 0 unspecified atom stereocenters. The maximum Gasteiger partial charge on any atom is 0.162 e. The molecule has 0 amide bonds. The van der Waals surface area contributed by atoms with Gasteiger partial charge < -0.3 is 5.32 Å². The molecular weight excluding hydrogens is 305 g/mol. The van der Waals surface area contributed by atoms with E-state index in [1.165, 1.54) is 0 Å². The Hall–Kier alpha value is -1.84. The highest BCUT2D eigenvalue weighted by Crippen LogP contribution is 2.32. The first-order valence-electron chi connectivity index (χ1n) is 6.50. The van der Waals surface area contributed by atoms with E-state index >= 15 is 0 Å². The predicted octanol–water partition coefficient (Wildman–Crippen LogP) is 4.95. The number of aryl methyl sites for hydroxylation is 1. The summed E-state index contributed by atoms with van der Waals surface area (Å²) in [5.41, 5.74) is 2.80. The van der Waals surface area contributed by atoms with Crippen molar-refractivity contribution in [3.8, 4) is 11.4 Å². The largest absolute Gasteiger partial charge is 0.373 e. The van der Waals surface area contributed by atoms with Gasteiger partial charge in [-0.25, -0.2) is 9.97 Å². The summed E-state index contributed by atoms with van der Waals surface area (Å²) in [6.45, 7) is 2.03. The lowest BCUT2D eigenvalue weighted by Crippen LogP contribution is -2.00. The zero-order chi connectivity index (χ0) is 15.0. The molecule has 5 heteroatoms. The number of hydrogen-bond donors (Lipinski definition) is 1. The number of hydrogen-bond acceptors (Lipinski definition) is 3. The van der Waals surface area contributed by atoms with Crippen LogP contribution in [-0.4, -0.2) is 17.0 Å². The fraction of sp³-hybridized carbons (Fsp3) is 0.125. The van der Waals surface area contributed by atoms with Crippen molar-refractivity contribution in [1.82, 2.24) is 9.97 Å². The molecule has 21 heavy (non-hydrogen) atoms. The van der Waals surface area contributed by atoms with Crippen molar-refractivity contribution < 1.29 is 0 Å². The van der Waals surface area contributed by atoms with Crippen LogP contribution in [0, 0.1) is 6.92 Å². The van der Waals surface area contributed by atoms with E-state index < -0.39 is 0 Å². The smallest absolute Gasteiger partial charge is 0.162 e. The van der Waals surface area contributed by atoms with E-state index in [4.69, 9.17) is 23.2 Å². The molecule has 0 fully saturated rings. The highest BCUT2D eigenvalue weighted by molar-refractivity contribution is 6.38. The Morgan fingerprint density at radius 3 is 2.52 bits per heavy atom. The molecule has 0 radical (unpaired) electrons. The van der Waals surface area contributed by atoms with Crippen LogP contribution in [0.1, 0.15) is 5.56 Å². The summed E-state index contributed by atoms with van der Waals surface area (Å²) in [6.07, 6.45) is 0. The van der Waals surface area contributed by atoms with Gasteiger partial charge >= 0.3 is 0 Å². The summed E-state index contributed by atoms with van der Waals surface area (Å²) in [7, 11) is 1.82. The summed E-state index contributed by atoms with van der Waals surface area (Å²) in [4.78, 5) is 9.21. The Balaban J connectivity index is 2.34. The number of rotatable bonds is 2. The first-order valence-corrected chi connectivity index (χ1v) is 7.26. The maximum absolute atomic E-state index is 6.29. The van der Waals surface area contributed by atoms with E-state index in [-0.39, 0.29) is 0 Å². The summed E-state index contributed by atoms with van der Waals surface area (Å²) in [5, 5.41) is 4.98. The van der Waals surface area contributed by atoms with Crippen LogP contribution in [0.2, 0.25) is 10.0 Å². The molecule has 0 saturated carbocycles. The van der Waals surface area contributed by atoms with Crippen molar-refractivity contribution in [2.45, 2.75) is 6.92 Å². The van der Waals surface area contributed by atoms with Crippen LogP contribution >= 0.6 is 23.2 Å². The van der Waals surface area contributed by atoms with Gasteiger partial charge in [0.2, 0.25) is 0 Å². The molecule has 1 N–H and O–H groups in total. The zero-order valence-corrected chi connectivity index (χ0v) is 13.1. The van der Waals surface area contributed by atoms with E-state index in [1.54, 1.807) is 6.07 Å².